The van der Waals surface area contributed by atoms with E-state index in [-0.39, 0.29) is 5.91 Å². The summed E-state index contributed by atoms with van der Waals surface area (Å²) in [4.78, 5) is 24.6. The minimum absolute atomic E-state index is 0.0542. The number of aromatic nitrogens is 2. The van der Waals surface area contributed by atoms with Crippen LogP contribution in [0.1, 0.15) is 0 Å². The fourth-order valence-electron chi connectivity index (χ4n) is 2.33. The molecule has 0 radical (unpaired) electrons. The lowest BCUT2D eigenvalue weighted by Gasteiger charge is -2.41. The molecule has 2 heterocycles. The molecule has 122 valence electrons. The van der Waals surface area contributed by atoms with Crippen molar-refractivity contribution in [1.82, 2.24) is 25.1 Å². The Morgan fingerprint density at radius 2 is 2.05 bits per heavy atom. The van der Waals surface area contributed by atoms with Crippen LogP contribution in [0.15, 0.2) is 23.6 Å². The fourth-order valence-corrected chi connectivity index (χ4v) is 3.49. The molecule has 0 bridgehead atoms. The lowest BCUT2D eigenvalue weighted by molar-refractivity contribution is -0.128. The van der Waals surface area contributed by atoms with E-state index in [0.29, 0.717) is 24.9 Å². The number of carbonyl (C=O) groups excluding carboxylic acids is 1. The van der Waals surface area contributed by atoms with Gasteiger partial charge in [-0.1, -0.05) is 11.8 Å². The van der Waals surface area contributed by atoms with Crippen LogP contribution in [0.4, 0.5) is 0 Å². The van der Waals surface area contributed by atoms with Crippen molar-refractivity contribution in [2.24, 2.45) is 0 Å². The van der Waals surface area contributed by atoms with E-state index < -0.39 is 4.87 Å². The molecule has 1 aliphatic rings. The largest absolute Gasteiger partial charge is 0.379 e. The van der Waals surface area contributed by atoms with Gasteiger partial charge in [0.2, 0.25) is 0 Å². The van der Waals surface area contributed by atoms with Crippen molar-refractivity contribution in [3.63, 3.8) is 0 Å². The monoisotopic (exact) mass is 325 g/mol. The van der Waals surface area contributed by atoms with Crippen molar-refractivity contribution in [2.75, 3.05) is 54.0 Å². The van der Waals surface area contributed by atoms with E-state index in [1.165, 1.54) is 11.8 Å². The summed E-state index contributed by atoms with van der Waals surface area (Å²) in [6, 6.07) is 1.77. The Labute approximate surface area is 135 Å². The van der Waals surface area contributed by atoms with Gasteiger partial charge in [-0.15, -0.1) is 0 Å². The van der Waals surface area contributed by atoms with Crippen molar-refractivity contribution in [3.05, 3.63) is 18.5 Å². The number of ether oxygens (including phenoxy) is 1. The predicted octanol–water partition coefficient (Wildman–Crippen LogP) is -0.0952. The maximum Gasteiger partial charge on any atom is 0.252 e. The Morgan fingerprint density at radius 1 is 1.41 bits per heavy atom. The number of nitrogens with one attached hydrogen (secondary N) is 1. The smallest absolute Gasteiger partial charge is 0.252 e. The first kappa shape index (κ1) is 17.1. The zero-order valence-corrected chi connectivity index (χ0v) is 14.1. The summed E-state index contributed by atoms with van der Waals surface area (Å²) >= 11 is 1.38. The van der Waals surface area contributed by atoms with E-state index in [9.17, 15) is 4.79 Å². The number of likely N-dealkylation sites (N-methyl/N-ethyl adjacent to an activating group) is 2. The Kier molecular flexibility index (Phi) is 6.13. The molecule has 1 fully saturated rings. The molecule has 0 aliphatic carbocycles. The Hall–Kier alpha value is -1.22. The molecular formula is C14H23N5O2S. The number of hydrogen-bond donors (Lipinski definition) is 1. The Balaban J connectivity index is 2.26. The quantitative estimate of drug-likeness (QED) is 0.445. The van der Waals surface area contributed by atoms with E-state index in [0.717, 1.165) is 13.1 Å². The van der Waals surface area contributed by atoms with Crippen LogP contribution in [-0.2, 0) is 9.53 Å². The van der Waals surface area contributed by atoms with Crippen LogP contribution in [-0.4, -0.2) is 84.5 Å². The Bertz CT molecular complexity index is 481. The molecule has 1 unspecified atom stereocenters. The summed E-state index contributed by atoms with van der Waals surface area (Å²) in [6.45, 7) is 3.63. The lowest BCUT2D eigenvalue weighted by Crippen LogP contribution is -2.60. The van der Waals surface area contributed by atoms with Crippen LogP contribution < -0.4 is 5.32 Å². The number of amides is 1. The van der Waals surface area contributed by atoms with Gasteiger partial charge in [-0.05, 0) is 20.2 Å². The van der Waals surface area contributed by atoms with Crippen LogP contribution in [0, 0.1) is 0 Å². The van der Waals surface area contributed by atoms with Gasteiger partial charge in [-0.2, -0.15) is 0 Å². The van der Waals surface area contributed by atoms with Gasteiger partial charge in [0.05, 0.1) is 13.2 Å². The summed E-state index contributed by atoms with van der Waals surface area (Å²) in [6.07, 6.45) is 3.38. The van der Waals surface area contributed by atoms with E-state index >= 15 is 0 Å². The number of carbonyl (C=O) groups is 1. The summed E-state index contributed by atoms with van der Waals surface area (Å²) in [5.41, 5.74) is 0. The molecule has 1 aliphatic heterocycles. The topological polar surface area (TPSA) is 70.6 Å². The number of morpholine rings is 1. The maximum absolute atomic E-state index is 12.7. The first-order valence-corrected chi connectivity index (χ1v) is 8.06. The molecule has 0 spiro atoms. The van der Waals surface area contributed by atoms with Crippen LogP contribution >= 0.6 is 11.8 Å². The third-order valence-corrected chi connectivity index (χ3v) is 5.06. The fraction of sp³-hybridized carbons (Fsp3) is 0.643. The molecule has 2 rings (SSSR count). The van der Waals surface area contributed by atoms with Crippen molar-refractivity contribution in [2.45, 2.75) is 10.0 Å². The highest BCUT2D eigenvalue weighted by Crippen LogP contribution is 2.34. The molecule has 1 aromatic heterocycles. The van der Waals surface area contributed by atoms with Crippen molar-refractivity contribution in [1.29, 1.82) is 0 Å². The van der Waals surface area contributed by atoms with Gasteiger partial charge in [0.25, 0.3) is 5.91 Å². The predicted molar refractivity (Wildman–Crippen MR) is 85.6 cm³/mol. The number of hydrogen-bond acceptors (Lipinski definition) is 7. The van der Waals surface area contributed by atoms with Gasteiger partial charge in [0, 0.05) is 39.1 Å². The average molecular weight is 325 g/mol. The first-order chi connectivity index (χ1) is 10.6. The van der Waals surface area contributed by atoms with Gasteiger partial charge in [-0.3, -0.25) is 14.6 Å². The van der Waals surface area contributed by atoms with E-state index in [1.807, 2.05) is 19.0 Å². The third-order valence-electron chi connectivity index (χ3n) is 3.65. The summed E-state index contributed by atoms with van der Waals surface area (Å²) < 4.78 is 5.39. The van der Waals surface area contributed by atoms with Crippen molar-refractivity contribution < 1.29 is 9.53 Å². The van der Waals surface area contributed by atoms with Gasteiger partial charge in [0.1, 0.15) is 0 Å². The average Bonchev–Trinajstić information content (AvgIpc) is 2.55. The van der Waals surface area contributed by atoms with Crippen LogP contribution in [0.3, 0.4) is 0 Å². The zero-order chi connectivity index (χ0) is 16.0. The van der Waals surface area contributed by atoms with E-state index in [4.69, 9.17) is 4.74 Å². The normalized spacial score (nSPS) is 18.9. The second-order valence-corrected chi connectivity index (χ2v) is 6.52. The highest BCUT2D eigenvalue weighted by atomic mass is 32.2. The van der Waals surface area contributed by atoms with Gasteiger partial charge >= 0.3 is 0 Å². The SMILES string of the molecule is CNC(=O)C(CN1CCOCC1)(Sc1ncccn1)N(C)C. The summed E-state index contributed by atoms with van der Waals surface area (Å²) in [5, 5.41) is 3.37. The first-order valence-electron chi connectivity index (χ1n) is 7.24. The minimum atomic E-state index is -0.784. The molecule has 1 N–H and O–H groups in total. The summed E-state index contributed by atoms with van der Waals surface area (Å²) in [5.74, 6) is -0.0542. The molecule has 1 atom stereocenters. The maximum atomic E-state index is 12.7. The molecule has 1 saturated heterocycles. The van der Waals surface area contributed by atoms with Gasteiger partial charge in [0.15, 0.2) is 10.0 Å². The molecule has 1 amide bonds. The number of rotatable bonds is 6. The van der Waals surface area contributed by atoms with E-state index in [1.54, 1.807) is 25.5 Å². The van der Waals surface area contributed by atoms with Crippen LogP contribution in [0.5, 0.6) is 0 Å². The summed E-state index contributed by atoms with van der Waals surface area (Å²) in [7, 11) is 5.48. The molecule has 0 aromatic carbocycles. The molecule has 1 aromatic rings. The molecule has 8 heteroatoms. The standard InChI is InChI=1S/C14H23N5O2S/c1-15-12(20)14(18(2)3,11-19-7-9-21-10-8-19)22-13-16-5-4-6-17-13/h4-6H,7-11H2,1-3H3,(H,15,20). The molecule has 0 saturated carbocycles. The highest BCUT2D eigenvalue weighted by molar-refractivity contribution is 8.01. The van der Waals surface area contributed by atoms with Crippen LogP contribution in [0.25, 0.3) is 0 Å². The van der Waals surface area contributed by atoms with Crippen molar-refractivity contribution in [3.8, 4) is 0 Å². The number of thioether (sulfide) groups is 1. The minimum Gasteiger partial charge on any atom is -0.379 e. The molecule has 7 nitrogen and oxygen atoms in total. The van der Waals surface area contributed by atoms with Crippen LogP contribution in [0.2, 0.25) is 0 Å². The van der Waals surface area contributed by atoms with E-state index in [2.05, 4.69) is 20.2 Å². The zero-order valence-electron chi connectivity index (χ0n) is 13.3. The second kappa shape index (κ2) is 7.87. The van der Waals surface area contributed by atoms with Gasteiger partial charge in [-0.25, -0.2) is 9.97 Å². The number of nitrogens with zero attached hydrogens (tertiary/aromatic N) is 4. The molecular weight excluding hydrogens is 302 g/mol. The highest BCUT2D eigenvalue weighted by Gasteiger charge is 2.44. The van der Waals surface area contributed by atoms with Gasteiger partial charge < -0.3 is 10.1 Å². The Morgan fingerprint density at radius 3 is 2.59 bits per heavy atom. The van der Waals surface area contributed by atoms with Crippen molar-refractivity contribution >= 4 is 17.7 Å². The lowest BCUT2D eigenvalue weighted by atomic mass is 10.2. The third kappa shape index (κ3) is 3.95. The second-order valence-electron chi connectivity index (χ2n) is 5.28. The molecule has 22 heavy (non-hydrogen) atoms.